The average molecular weight is 452 g/mol. The number of aliphatic hydroxyl groups excluding tert-OH is 1. The molecule has 2 heterocycles. The number of thiophene rings is 1. The largest absolute Gasteiger partial charge is 0.503 e. The number of rotatable bonds is 6. The summed E-state index contributed by atoms with van der Waals surface area (Å²) in [5.74, 6) is 0. The van der Waals surface area contributed by atoms with Crippen molar-refractivity contribution in [3.8, 4) is 5.00 Å². The van der Waals surface area contributed by atoms with Crippen molar-refractivity contribution in [2.24, 2.45) is 0 Å². The van der Waals surface area contributed by atoms with E-state index >= 15 is 0 Å². The van der Waals surface area contributed by atoms with Crippen LogP contribution in [0.4, 0.5) is 4.79 Å². The van der Waals surface area contributed by atoms with Crippen LogP contribution in [-0.2, 0) is 22.0 Å². The second-order valence-electron chi connectivity index (χ2n) is 6.99. The Morgan fingerprint density at radius 1 is 1.27 bits per heavy atom. The molecule has 4 rings (SSSR count). The van der Waals surface area contributed by atoms with Crippen molar-refractivity contribution < 1.29 is 28.5 Å². The lowest BCUT2D eigenvalue weighted by molar-refractivity contribution is 0.137. The van der Waals surface area contributed by atoms with Crippen molar-refractivity contribution in [2.45, 2.75) is 35.6 Å². The summed E-state index contributed by atoms with van der Waals surface area (Å²) in [5, 5.41) is 27.9. The average Bonchev–Trinajstić information content (AvgIpc) is 3.13. The molecule has 0 saturated heterocycles. The molecule has 0 bridgehead atoms. The van der Waals surface area contributed by atoms with E-state index in [0.717, 1.165) is 23.3 Å². The third-order valence-electron chi connectivity index (χ3n) is 4.84. The van der Waals surface area contributed by atoms with Crippen LogP contribution in [0.1, 0.15) is 24.5 Å². The molecule has 4 N–H and O–H groups in total. The van der Waals surface area contributed by atoms with Crippen LogP contribution in [0.2, 0.25) is 0 Å². The van der Waals surface area contributed by atoms with Gasteiger partial charge >= 0.3 is 6.16 Å². The summed E-state index contributed by atoms with van der Waals surface area (Å²) < 4.78 is 30.1. The van der Waals surface area contributed by atoms with Crippen molar-refractivity contribution in [1.82, 2.24) is 14.5 Å². The van der Waals surface area contributed by atoms with Gasteiger partial charge in [-0.25, -0.2) is 22.6 Å². The number of benzene rings is 1. The Labute approximate surface area is 177 Å². The quantitative estimate of drug-likeness (QED) is 0.451. The molecule has 0 spiro atoms. The molecule has 160 valence electrons. The molecule has 1 saturated carbocycles. The number of sulfonamides is 1. The summed E-state index contributed by atoms with van der Waals surface area (Å²) in [6.45, 7) is 1.98. The number of carbonyl (C=O) groups is 1. The molecule has 3 aromatic rings. The first kappa shape index (κ1) is 22.0. The maximum Gasteiger partial charge on any atom is 0.503 e. The Balaban J connectivity index is 0.000000589. The van der Waals surface area contributed by atoms with Crippen LogP contribution < -0.4 is 4.72 Å². The van der Waals surface area contributed by atoms with Gasteiger partial charge in [-0.1, -0.05) is 37.3 Å². The molecular formula is C19H21N3O6S2. The third-order valence-corrected chi connectivity index (χ3v) is 7.88. The van der Waals surface area contributed by atoms with Gasteiger partial charge < -0.3 is 15.3 Å². The number of aliphatic hydroxyl groups is 1. The molecule has 0 unspecified atom stereocenters. The zero-order valence-corrected chi connectivity index (χ0v) is 17.6. The fourth-order valence-corrected chi connectivity index (χ4v) is 5.65. The predicted octanol–water partition coefficient (Wildman–Crippen LogP) is 2.66. The number of nitrogens with one attached hydrogen (secondary N) is 1. The smallest absolute Gasteiger partial charge is 0.450 e. The molecule has 30 heavy (non-hydrogen) atoms. The van der Waals surface area contributed by atoms with Gasteiger partial charge in [0, 0.05) is 23.2 Å². The van der Waals surface area contributed by atoms with E-state index in [1.165, 1.54) is 0 Å². The first-order valence-corrected chi connectivity index (χ1v) is 11.2. The fourth-order valence-electron chi connectivity index (χ4n) is 3.06. The standard InChI is InChI=1S/C18H19N3O3S2.CH2O3/c1-18(14-5-3-2-4-6-14)9-15(18)20-26(23,24)17-8-7-16(25-17)21-11-13(12-22)10-19-21;2-1(3)4/h2-8,10-11,15,20,22H,9,12H2,1H3;(H2,2,3,4)/t15-,18+;/m0./s1. The molecule has 9 nitrogen and oxygen atoms in total. The number of hydrogen-bond acceptors (Lipinski definition) is 6. The number of hydrogen-bond donors (Lipinski definition) is 4. The SMILES string of the molecule is C[C@]1(c2ccccc2)C[C@@H]1NS(=O)(=O)c1ccc(-n2cc(CO)cn2)s1.O=C(O)O. The summed E-state index contributed by atoms with van der Waals surface area (Å²) in [4.78, 5) is 8.56. The van der Waals surface area contributed by atoms with Crippen molar-refractivity contribution in [3.05, 3.63) is 66.0 Å². The predicted molar refractivity (Wildman–Crippen MR) is 111 cm³/mol. The van der Waals surface area contributed by atoms with Crippen LogP contribution in [0.15, 0.2) is 59.1 Å². The summed E-state index contributed by atoms with van der Waals surface area (Å²) >= 11 is 1.15. The lowest BCUT2D eigenvalue weighted by atomic mass is 9.98. The normalized spacial score (nSPS) is 20.3. The van der Waals surface area contributed by atoms with E-state index in [1.807, 2.05) is 30.3 Å². The van der Waals surface area contributed by atoms with E-state index in [0.29, 0.717) is 10.6 Å². The minimum atomic E-state index is -3.58. The van der Waals surface area contributed by atoms with Gasteiger partial charge in [-0.3, -0.25) is 0 Å². The highest BCUT2D eigenvalue weighted by Crippen LogP contribution is 2.48. The van der Waals surface area contributed by atoms with Crippen molar-refractivity contribution >= 4 is 27.5 Å². The van der Waals surface area contributed by atoms with Gasteiger partial charge in [0.2, 0.25) is 10.0 Å². The van der Waals surface area contributed by atoms with Crippen molar-refractivity contribution in [2.75, 3.05) is 0 Å². The molecule has 0 aliphatic heterocycles. The number of nitrogens with zero attached hydrogens (tertiary/aromatic N) is 2. The van der Waals surface area contributed by atoms with Gasteiger partial charge in [-0.05, 0) is 24.1 Å². The maximum atomic E-state index is 12.7. The van der Waals surface area contributed by atoms with Gasteiger partial charge in [0.25, 0.3) is 0 Å². The summed E-state index contributed by atoms with van der Waals surface area (Å²) in [7, 11) is -3.58. The first-order valence-electron chi connectivity index (χ1n) is 8.90. The van der Waals surface area contributed by atoms with Gasteiger partial charge in [0.15, 0.2) is 0 Å². The molecular weight excluding hydrogens is 430 g/mol. The maximum absolute atomic E-state index is 12.7. The lowest BCUT2D eigenvalue weighted by Crippen LogP contribution is -2.29. The van der Waals surface area contributed by atoms with Crippen LogP contribution in [0.25, 0.3) is 5.00 Å². The fraction of sp³-hybridized carbons (Fsp3) is 0.263. The molecule has 2 atom stereocenters. The minimum absolute atomic E-state index is 0.0994. The molecule has 1 aliphatic rings. The molecule has 0 radical (unpaired) electrons. The summed E-state index contributed by atoms with van der Waals surface area (Å²) in [6, 6.07) is 13.2. The van der Waals surface area contributed by atoms with E-state index in [2.05, 4.69) is 16.7 Å². The van der Waals surface area contributed by atoms with Gasteiger partial charge in [-0.2, -0.15) is 5.10 Å². The number of carboxylic acid groups (broad SMARTS) is 2. The highest BCUT2D eigenvalue weighted by atomic mass is 32.2. The second-order valence-corrected chi connectivity index (χ2v) is 9.99. The summed E-state index contributed by atoms with van der Waals surface area (Å²) in [5.41, 5.74) is 1.66. The monoisotopic (exact) mass is 451 g/mol. The minimum Gasteiger partial charge on any atom is -0.450 e. The Hall–Kier alpha value is -2.73. The van der Waals surface area contributed by atoms with Gasteiger partial charge in [0.1, 0.15) is 9.21 Å². The van der Waals surface area contributed by atoms with Crippen LogP contribution in [0.3, 0.4) is 0 Å². The van der Waals surface area contributed by atoms with Crippen LogP contribution >= 0.6 is 11.3 Å². The molecule has 1 fully saturated rings. The highest BCUT2D eigenvalue weighted by Gasteiger charge is 2.53. The van der Waals surface area contributed by atoms with Crippen molar-refractivity contribution in [3.63, 3.8) is 0 Å². The van der Waals surface area contributed by atoms with E-state index < -0.39 is 16.2 Å². The van der Waals surface area contributed by atoms with Gasteiger partial charge in [0.05, 0.1) is 12.8 Å². The zero-order chi connectivity index (χ0) is 21.9. The van der Waals surface area contributed by atoms with E-state index in [-0.39, 0.29) is 22.3 Å². The third kappa shape index (κ3) is 4.87. The molecule has 1 aromatic carbocycles. The molecule has 2 aromatic heterocycles. The lowest BCUT2D eigenvalue weighted by Gasteiger charge is -2.12. The van der Waals surface area contributed by atoms with Crippen LogP contribution in [0, 0.1) is 0 Å². The molecule has 1 aliphatic carbocycles. The van der Waals surface area contributed by atoms with E-state index in [1.54, 1.807) is 29.2 Å². The van der Waals surface area contributed by atoms with Crippen LogP contribution in [-0.4, -0.2) is 45.7 Å². The van der Waals surface area contributed by atoms with Crippen molar-refractivity contribution in [1.29, 1.82) is 0 Å². The van der Waals surface area contributed by atoms with Gasteiger partial charge in [-0.15, -0.1) is 11.3 Å². The van der Waals surface area contributed by atoms with E-state index in [4.69, 9.17) is 20.1 Å². The Kier molecular flexibility index (Phi) is 6.27. The second kappa shape index (κ2) is 8.56. The Bertz CT molecular complexity index is 1120. The number of aromatic nitrogens is 2. The molecule has 11 heteroatoms. The Morgan fingerprint density at radius 2 is 1.93 bits per heavy atom. The Morgan fingerprint density at radius 3 is 2.53 bits per heavy atom. The zero-order valence-electron chi connectivity index (χ0n) is 16.0. The highest BCUT2D eigenvalue weighted by molar-refractivity contribution is 7.91. The van der Waals surface area contributed by atoms with E-state index in [9.17, 15) is 8.42 Å². The molecule has 0 amide bonds. The van der Waals surface area contributed by atoms with Crippen LogP contribution in [0.5, 0.6) is 0 Å². The summed E-state index contributed by atoms with van der Waals surface area (Å²) in [6.07, 6.45) is 2.19. The topological polar surface area (TPSA) is 142 Å². The first-order chi connectivity index (χ1) is 14.2.